The molecule has 0 radical (unpaired) electrons. The van der Waals surface area contributed by atoms with Crippen molar-refractivity contribution in [2.75, 3.05) is 6.54 Å². The minimum Gasteiger partial charge on any atom is -0.329 e. The lowest BCUT2D eigenvalue weighted by atomic mass is 10.2. The predicted octanol–water partition coefficient (Wildman–Crippen LogP) is -1.53. The number of hydrogen-bond acceptors (Lipinski definition) is 5. The van der Waals surface area contributed by atoms with Crippen molar-refractivity contribution >= 4 is 10.0 Å². The Morgan fingerprint density at radius 3 is 2.61 bits per heavy atom. The van der Waals surface area contributed by atoms with Crippen molar-refractivity contribution in [1.82, 2.24) is 14.7 Å². The zero-order chi connectivity index (χ0) is 13.8. The largest absolute Gasteiger partial charge is 0.329 e. The van der Waals surface area contributed by atoms with Gasteiger partial charge in [0.2, 0.25) is 10.0 Å². The lowest BCUT2D eigenvalue weighted by Crippen LogP contribution is -2.42. The molecule has 1 unspecified atom stereocenters. The zero-order valence-corrected chi connectivity index (χ0v) is 10.7. The minimum atomic E-state index is -3.99. The molecule has 1 aromatic rings. The van der Waals surface area contributed by atoms with Crippen molar-refractivity contribution in [2.24, 2.45) is 5.73 Å². The number of aromatic nitrogens is 2. The second-order valence-corrected chi connectivity index (χ2v) is 5.46. The van der Waals surface area contributed by atoms with E-state index < -0.39 is 32.2 Å². The Balaban J connectivity index is 3.06. The highest BCUT2D eigenvalue weighted by atomic mass is 32.2. The summed E-state index contributed by atoms with van der Waals surface area (Å²) in [7, 11) is -3.99. The van der Waals surface area contributed by atoms with Crippen LogP contribution in [0.15, 0.2) is 20.7 Å². The molecule has 0 saturated heterocycles. The van der Waals surface area contributed by atoms with E-state index in [4.69, 9.17) is 5.73 Å². The predicted molar refractivity (Wildman–Crippen MR) is 65.8 cm³/mol. The first kappa shape index (κ1) is 14.6. The van der Waals surface area contributed by atoms with Gasteiger partial charge in [0.25, 0.3) is 5.56 Å². The third-order valence-corrected chi connectivity index (χ3v) is 3.84. The van der Waals surface area contributed by atoms with Gasteiger partial charge in [-0.1, -0.05) is 13.3 Å². The van der Waals surface area contributed by atoms with Gasteiger partial charge in [0.15, 0.2) is 4.90 Å². The molecule has 102 valence electrons. The number of H-pyrrole nitrogens is 2. The average molecular weight is 276 g/mol. The Labute approximate surface area is 104 Å². The number of sulfonamides is 1. The van der Waals surface area contributed by atoms with Crippen LogP contribution in [0.25, 0.3) is 0 Å². The van der Waals surface area contributed by atoms with Crippen LogP contribution >= 0.6 is 0 Å². The molecule has 0 aliphatic rings. The Kier molecular flexibility index (Phi) is 4.82. The highest BCUT2D eigenvalue weighted by Crippen LogP contribution is 2.03. The lowest BCUT2D eigenvalue weighted by Gasteiger charge is -2.15. The smallest absolute Gasteiger partial charge is 0.325 e. The SMILES string of the molecule is CCCC(CN)NS(=O)(=O)c1c[nH]c(=O)[nH]c1=O. The summed E-state index contributed by atoms with van der Waals surface area (Å²) in [6.07, 6.45) is 2.19. The maximum Gasteiger partial charge on any atom is 0.325 e. The summed E-state index contributed by atoms with van der Waals surface area (Å²) in [6, 6.07) is -0.439. The molecule has 0 aromatic carbocycles. The molecular formula is C9H16N4O4S. The van der Waals surface area contributed by atoms with E-state index in [-0.39, 0.29) is 6.54 Å². The van der Waals surface area contributed by atoms with Gasteiger partial charge in [-0.05, 0) is 6.42 Å². The fraction of sp³-hybridized carbons (Fsp3) is 0.556. The van der Waals surface area contributed by atoms with Gasteiger partial charge in [-0.3, -0.25) is 9.78 Å². The molecule has 1 rings (SSSR count). The fourth-order valence-corrected chi connectivity index (χ4v) is 2.74. The molecule has 1 atom stereocenters. The number of aromatic amines is 2. The van der Waals surface area contributed by atoms with Crippen LogP contribution < -0.4 is 21.7 Å². The summed E-state index contributed by atoms with van der Waals surface area (Å²) >= 11 is 0. The molecule has 18 heavy (non-hydrogen) atoms. The highest BCUT2D eigenvalue weighted by molar-refractivity contribution is 7.89. The van der Waals surface area contributed by atoms with Gasteiger partial charge < -0.3 is 10.7 Å². The first-order valence-electron chi connectivity index (χ1n) is 5.45. The van der Waals surface area contributed by atoms with Crippen LogP contribution in [0.3, 0.4) is 0 Å². The van der Waals surface area contributed by atoms with Crippen LogP contribution in [-0.2, 0) is 10.0 Å². The molecule has 0 amide bonds. The zero-order valence-electron chi connectivity index (χ0n) is 9.89. The van der Waals surface area contributed by atoms with Crippen molar-refractivity contribution in [3.8, 4) is 0 Å². The molecular weight excluding hydrogens is 260 g/mol. The van der Waals surface area contributed by atoms with Gasteiger partial charge in [-0.2, -0.15) is 0 Å². The highest BCUT2D eigenvalue weighted by Gasteiger charge is 2.22. The second kappa shape index (κ2) is 5.94. The van der Waals surface area contributed by atoms with Crippen molar-refractivity contribution in [3.05, 3.63) is 27.0 Å². The minimum absolute atomic E-state index is 0.133. The van der Waals surface area contributed by atoms with Crippen LogP contribution in [0.4, 0.5) is 0 Å². The van der Waals surface area contributed by atoms with Gasteiger partial charge in [-0.15, -0.1) is 0 Å². The third kappa shape index (κ3) is 3.52. The average Bonchev–Trinajstić information content (AvgIpc) is 2.27. The second-order valence-electron chi connectivity index (χ2n) is 3.78. The van der Waals surface area contributed by atoms with Crippen LogP contribution in [0.5, 0.6) is 0 Å². The molecule has 5 N–H and O–H groups in total. The van der Waals surface area contributed by atoms with E-state index in [1.54, 1.807) is 0 Å². The number of nitrogens with one attached hydrogen (secondary N) is 3. The van der Waals surface area contributed by atoms with Crippen molar-refractivity contribution < 1.29 is 8.42 Å². The fourth-order valence-electron chi connectivity index (χ4n) is 1.45. The first-order chi connectivity index (χ1) is 8.40. The topological polar surface area (TPSA) is 138 Å². The van der Waals surface area contributed by atoms with Gasteiger partial charge in [-0.25, -0.2) is 17.9 Å². The Bertz CT molecular complexity index is 603. The van der Waals surface area contributed by atoms with Crippen LogP contribution in [-0.4, -0.2) is 31.0 Å². The van der Waals surface area contributed by atoms with E-state index in [0.717, 1.165) is 12.6 Å². The third-order valence-electron chi connectivity index (χ3n) is 2.32. The van der Waals surface area contributed by atoms with E-state index in [1.165, 1.54) is 0 Å². The Morgan fingerprint density at radius 1 is 1.44 bits per heavy atom. The van der Waals surface area contributed by atoms with Crippen LogP contribution in [0.2, 0.25) is 0 Å². The molecule has 0 aliphatic heterocycles. The summed E-state index contributed by atoms with van der Waals surface area (Å²) in [5, 5.41) is 0. The molecule has 0 fully saturated rings. The number of hydrogen-bond donors (Lipinski definition) is 4. The van der Waals surface area contributed by atoms with E-state index >= 15 is 0 Å². The van der Waals surface area contributed by atoms with Crippen molar-refractivity contribution in [3.63, 3.8) is 0 Å². The van der Waals surface area contributed by atoms with Gasteiger partial charge in [0, 0.05) is 18.8 Å². The Hall–Kier alpha value is -1.45. The van der Waals surface area contributed by atoms with Crippen LogP contribution in [0.1, 0.15) is 19.8 Å². The van der Waals surface area contributed by atoms with E-state index in [2.05, 4.69) is 9.71 Å². The Morgan fingerprint density at radius 2 is 2.11 bits per heavy atom. The number of nitrogens with two attached hydrogens (primary N) is 1. The summed E-state index contributed by atoms with van der Waals surface area (Å²) in [5.41, 5.74) is 3.71. The molecule has 8 nitrogen and oxygen atoms in total. The maximum absolute atomic E-state index is 11.9. The van der Waals surface area contributed by atoms with E-state index in [9.17, 15) is 18.0 Å². The normalized spacial score (nSPS) is 13.4. The van der Waals surface area contributed by atoms with E-state index in [0.29, 0.717) is 6.42 Å². The van der Waals surface area contributed by atoms with E-state index in [1.807, 2.05) is 11.9 Å². The lowest BCUT2D eigenvalue weighted by molar-refractivity contribution is 0.526. The molecule has 1 heterocycles. The quantitative estimate of drug-likeness (QED) is 0.499. The molecule has 0 saturated carbocycles. The molecule has 9 heteroatoms. The standard InChI is InChI=1S/C9H16N4O4S/c1-2-3-6(4-10)13-18(16,17)7-5-11-9(15)12-8(7)14/h5-6,13H,2-4,10H2,1H3,(H2,11,12,14,15). The molecule has 1 aromatic heterocycles. The van der Waals surface area contributed by atoms with Gasteiger partial charge in [0.05, 0.1) is 0 Å². The van der Waals surface area contributed by atoms with Crippen molar-refractivity contribution in [2.45, 2.75) is 30.7 Å². The summed E-state index contributed by atoms with van der Waals surface area (Å²) in [5.74, 6) is 0. The maximum atomic E-state index is 11.9. The van der Waals surface area contributed by atoms with Crippen LogP contribution in [0, 0.1) is 0 Å². The monoisotopic (exact) mass is 276 g/mol. The van der Waals surface area contributed by atoms with Gasteiger partial charge >= 0.3 is 5.69 Å². The van der Waals surface area contributed by atoms with Crippen molar-refractivity contribution in [1.29, 1.82) is 0 Å². The summed E-state index contributed by atoms with van der Waals surface area (Å²) in [6.45, 7) is 2.03. The molecule has 0 aliphatic carbocycles. The first-order valence-corrected chi connectivity index (χ1v) is 6.93. The molecule has 0 spiro atoms. The summed E-state index contributed by atoms with van der Waals surface area (Å²) < 4.78 is 26.1. The number of rotatable bonds is 6. The summed E-state index contributed by atoms with van der Waals surface area (Å²) in [4.78, 5) is 25.6. The van der Waals surface area contributed by atoms with Gasteiger partial charge in [0.1, 0.15) is 0 Å². The molecule has 0 bridgehead atoms.